The Kier molecular flexibility index (Phi) is 3.21. The SMILES string of the molecule is C=C1C(=C)c2c(C)c(CC(C)(C)C)c3c4c(c(C)c(C)c1c24)C(=C)C3=C. The fourth-order valence-electron chi connectivity index (χ4n) is 5.00. The Morgan fingerprint density at radius 3 is 1.35 bits per heavy atom. The first-order chi connectivity index (χ1) is 12.0. The molecule has 4 rings (SSSR count). The van der Waals surface area contributed by atoms with E-state index in [4.69, 9.17) is 0 Å². The zero-order valence-corrected chi connectivity index (χ0v) is 17.0. The van der Waals surface area contributed by atoms with Crippen molar-refractivity contribution < 1.29 is 0 Å². The minimum atomic E-state index is 0.200. The molecule has 0 aliphatic heterocycles. The van der Waals surface area contributed by atoms with E-state index in [-0.39, 0.29) is 5.41 Å². The standard InChI is InChI=1S/C26H28/c1-12-13(2)21-16(5)17(6)23-19(11-26(8,9)10)18(7)22-15(4)14(3)20(12)24(22)25(21)23/h3-6,11H2,1-2,7-10H3. The Labute approximate surface area is 157 Å². The van der Waals surface area contributed by atoms with Crippen LogP contribution in [0.25, 0.3) is 33.1 Å². The van der Waals surface area contributed by atoms with Crippen LogP contribution in [0.3, 0.4) is 0 Å². The lowest BCUT2D eigenvalue weighted by Gasteiger charge is -2.24. The van der Waals surface area contributed by atoms with E-state index in [9.17, 15) is 0 Å². The predicted molar refractivity (Wildman–Crippen MR) is 117 cm³/mol. The molecule has 2 aliphatic rings. The lowest BCUT2D eigenvalue weighted by molar-refractivity contribution is 0.410. The van der Waals surface area contributed by atoms with Crippen LogP contribution >= 0.6 is 0 Å². The zero-order valence-electron chi connectivity index (χ0n) is 17.0. The monoisotopic (exact) mass is 340 g/mol. The summed E-state index contributed by atoms with van der Waals surface area (Å²) in [5.74, 6) is 0. The van der Waals surface area contributed by atoms with E-state index in [0.717, 1.165) is 28.7 Å². The lowest BCUT2D eigenvalue weighted by atomic mass is 9.80. The van der Waals surface area contributed by atoms with Gasteiger partial charge in [-0.05, 0) is 110 Å². The summed E-state index contributed by atoms with van der Waals surface area (Å²) in [6, 6.07) is 0. The van der Waals surface area contributed by atoms with Crippen molar-refractivity contribution in [3.63, 3.8) is 0 Å². The Morgan fingerprint density at radius 2 is 0.923 bits per heavy atom. The van der Waals surface area contributed by atoms with E-state index in [1.54, 1.807) is 0 Å². The van der Waals surface area contributed by atoms with Crippen molar-refractivity contribution in [3.8, 4) is 0 Å². The van der Waals surface area contributed by atoms with Gasteiger partial charge in [0.2, 0.25) is 0 Å². The Morgan fingerprint density at radius 1 is 0.577 bits per heavy atom. The summed E-state index contributed by atoms with van der Waals surface area (Å²) in [6.07, 6.45) is 1.02. The molecule has 0 unspecified atom stereocenters. The van der Waals surface area contributed by atoms with Crippen molar-refractivity contribution in [2.24, 2.45) is 5.41 Å². The molecule has 0 atom stereocenters. The van der Waals surface area contributed by atoms with Crippen LogP contribution in [0.4, 0.5) is 0 Å². The van der Waals surface area contributed by atoms with Crippen molar-refractivity contribution >= 4 is 33.1 Å². The van der Waals surface area contributed by atoms with Crippen molar-refractivity contribution in [2.75, 3.05) is 0 Å². The van der Waals surface area contributed by atoms with Crippen LogP contribution in [-0.4, -0.2) is 0 Å². The van der Waals surface area contributed by atoms with Crippen molar-refractivity contribution in [1.82, 2.24) is 0 Å². The van der Waals surface area contributed by atoms with Crippen molar-refractivity contribution in [3.05, 3.63) is 70.8 Å². The second kappa shape index (κ2) is 4.88. The van der Waals surface area contributed by atoms with Gasteiger partial charge in [0.15, 0.2) is 0 Å². The Hall–Kier alpha value is -2.34. The average Bonchev–Trinajstić information content (AvgIpc) is 2.94. The predicted octanol–water partition coefficient (Wildman–Crippen LogP) is 7.43. The molecule has 0 saturated carbocycles. The molecule has 0 heteroatoms. The number of hydrogen-bond acceptors (Lipinski definition) is 0. The molecule has 0 amide bonds. The highest BCUT2D eigenvalue weighted by Gasteiger charge is 2.36. The molecule has 0 fully saturated rings. The summed E-state index contributed by atoms with van der Waals surface area (Å²) in [5, 5.41) is 2.68. The molecule has 0 nitrogen and oxygen atoms in total. The third kappa shape index (κ3) is 1.85. The van der Waals surface area contributed by atoms with E-state index in [2.05, 4.69) is 67.9 Å². The largest absolute Gasteiger partial charge is 0.0905 e. The first-order valence-corrected chi connectivity index (χ1v) is 9.37. The molecule has 0 bridgehead atoms. The van der Waals surface area contributed by atoms with Gasteiger partial charge in [-0.2, -0.15) is 0 Å². The van der Waals surface area contributed by atoms with Crippen LogP contribution in [-0.2, 0) is 6.42 Å². The van der Waals surface area contributed by atoms with Gasteiger partial charge in [0.25, 0.3) is 0 Å². The molecular formula is C26H28. The van der Waals surface area contributed by atoms with Gasteiger partial charge in [0, 0.05) is 0 Å². The van der Waals surface area contributed by atoms with Gasteiger partial charge in [-0.3, -0.25) is 0 Å². The molecule has 132 valence electrons. The number of allylic oxidation sites excluding steroid dienone is 4. The van der Waals surface area contributed by atoms with E-state index >= 15 is 0 Å². The summed E-state index contributed by atoms with van der Waals surface area (Å²) >= 11 is 0. The molecule has 0 spiro atoms. The summed E-state index contributed by atoms with van der Waals surface area (Å²) in [7, 11) is 0. The highest BCUT2D eigenvalue weighted by molar-refractivity contribution is 6.31. The zero-order chi connectivity index (χ0) is 19.3. The molecule has 26 heavy (non-hydrogen) atoms. The number of benzene rings is 2. The fraction of sp³-hybridized carbons (Fsp3) is 0.308. The van der Waals surface area contributed by atoms with Gasteiger partial charge in [0.05, 0.1) is 0 Å². The highest BCUT2D eigenvalue weighted by Crippen LogP contribution is 2.57. The normalized spacial score (nSPS) is 15.8. The first kappa shape index (κ1) is 17.1. The average molecular weight is 341 g/mol. The molecule has 2 aliphatic carbocycles. The number of rotatable bonds is 1. The Bertz CT molecular complexity index is 1110. The van der Waals surface area contributed by atoms with Crippen molar-refractivity contribution in [1.29, 1.82) is 0 Å². The molecule has 0 aromatic heterocycles. The van der Waals surface area contributed by atoms with Gasteiger partial charge in [-0.15, -0.1) is 0 Å². The summed E-state index contributed by atoms with van der Waals surface area (Å²) in [4.78, 5) is 0. The van der Waals surface area contributed by atoms with Crippen molar-refractivity contribution in [2.45, 2.75) is 48.0 Å². The maximum atomic E-state index is 4.45. The Balaban J connectivity index is 2.32. The molecule has 2 aromatic carbocycles. The van der Waals surface area contributed by atoms with Gasteiger partial charge in [-0.25, -0.2) is 0 Å². The third-order valence-corrected chi connectivity index (χ3v) is 6.33. The van der Waals surface area contributed by atoms with Crippen LogP contribution in [0.15, 0.2) is 26.3 Å². The smallest absolute Gasteiger partial charge is 0.000848 e. The molecular weight excluding hydrogens is 312 g/mol. The van der Waals surface area contributed by atoms with Crippen LogP contribution in [0.5, 0.6) is 0 Å². The first-order valence-electron chi connectivity index (χ1n) is 9.37. The molecule has 0 radical (unpaired) electrons. The lowest BCUT2D eigenvalue weighted by Crippen LogP contribution is -2.13. The van der Waals surface area contributed by atoms with Crippen LogP contribution < -0.4 is 0 Å². The minimum Gasteiger partial charge on any atom is -0.0905 e. The summed E-state index contributed by atoms with van der Waals surface area (Å²) < 4.78 is 0. The maximum absolute atomic E-state index is 4.45. The summed E-state index contributed by atoms with van der Waals surface area (Å²) in [5.41, 5.74) is 15.1. The van der Waals surface area contributed by atoms with E-state index in [0.29, 0.717) is 0 Å². The van der Waals surface area contributed by atoms with E-state index in [1.165, 1.54) is 55.3 Å². The molecule has 2 aromatic rings. The van der Waals surface area contributed by atoms with Crippen LogP contribution in [0.1, 0.15) is 65.3 Å². The van der Waals surface area contributed by atoms with Gasteiger partial charge in [0.1, 0.15) is 0 Å². The van der Waals surface area contributed by atoms with Gasteiger partial charge in [-0.1, -0.05) is 47.1 Å². The second-order valence-electron chi connectivity index (χ2n) is 9.26. The molecule has 0 heterocycles. The van der Waals surface area contributed by atoms with Crippen LogP contribution in [0, 0.1) is 26.2 Å². The van der Waals surface area contributed by atoms with Gasteiger partial charge >= 0.3 is 0 Å². The number of hydrogen-bond donors (Lipinski definition) is 0. The van der Waals surface area contributed by atoms with Gasteiger partial charge < -0.3 is 0 Å². The maximum Gasteiger partial charge on any atom is -0.000848 e. The summed E-state index contributed by atoms with van der Waals surface area (Å²) in [6.45, 7) is 31.3. The minimum absolute atomic E-state index is 0.200. The van der Waals surface area contributed by atoms with Crippen LogP contribution in [0.2, 0.25) is 0 Å². The highest BCUT2D eigenvalue weighted by atomic mass is 14.4. The van der Waals surface area contributed by atoms with E-state index < -0.39 is 0 Å². The quantitative estimate of drug-likeness (QED) is 0.506. The molecule has 0 N–H and O–H groups in total. The third-order valence-electron chi connectivity index (χ3n) is 6.33. The van der Waals surface area contributed by atoms with E-state index in [1.807, 2.05) is 0 Å². The topological polar surface area (TPSA) is 0 Å². The molecule has 0 saturated heterocycles. The second-order valence-corrected chi connectivity index (χ2v) is 9.26. The fourth-order valence-corrected chi connectivity index (χ4v) is 5.00.